The summed E-state index contributed by atoms with van der Waals surface area (Å²) in [5.41, 5.74) is 8.80. The minimum atomic E-state index is -0.472. The number of rotatable bonds is 1. The van der Waals surface area contributed by atoms with Crippen LogP contribution in [0.15, 0.2) is 18.2 Å². The smallest absolute Gasteiger partial charge is 0.163 e. The predicted molar refractivity (Wildman–Crippen MR) is 59.4 cm³/mol. The van der Waals surface area contributed by atoms with Gasteiger partial charge in [0.15, 0.2) is 5.79 Å². The molecule has 0 amide bonds. The lowest BCUT2D eigenvalue weighted by atomic mass is 10.1. The second-order valence-corrected chi connectivity index (χ2v) is 4.43. The minimum Gasteiger partial charge on any atom is -0.399 e. The molecule has 1 aliphatic heterocycles. The van der Waals surface area contributed by atoms with Gasteiger partial charge in [-0.05, 0) is 38.0 Å². The molecule has 0 radical (unpaired) electrons. The van der Waals surface area contributed by atoms with Crippen molar-refractivity contribution in [2.45, 2.75) is 32.7 Å². The lowest BCUT2D eigenvalue weighted by molar-refractivity contribution is -0.139. The first-order valence-corrected chi connectivity index (χ1v) is 5.16. The van der Waals surface area contributed by atoms with Crippen LogP contribution in [0.5, 0.6) is 0 Å². The Kier molecular flexibility index (Phi) is 2.44. The second-order valence-electron chi connectivity index (χ2n) is 4.43. The molecule has 82 valence electrons. The summed E-state index contributed by atoms with van der Waals surface area (Å²) in [5, 5.41) is 0. The molecule has 3 nitrogen and oxygen atoms in total. The Morgan fingerprint density at radius 1 is 1.40 bits per heavy atom. The number of benzene rings is 1. The van der Waals surface area contributed by atoms with Gasteiger partial charge in [0.1, 0.15) is 6.10 Å². The van der Waals surface area contributed by atoms with Crippen LogP contribution in [0, 0.1) is 6.92 Å². The lowest BCUT2D eigenvalue weighted by Crippen LogP contribution is -2.19. The fourth-order valence-electron chi connectivity index (χ4n) is 1.75. The molecule has 2 rings (SSSR count). The molecule has 1 heterocycles. The third-order valence-electron chi connectivity index (χ3n) is 2.67. The maximum absolute atomic E-state index is 5.77. The van der Waals surface area contributed by atoms with Crippen molar-refractivity contribution in [3.63, 3.8) is 0 Å². The number of hydrogen-bond acceptors (Lipinski definition) is 3. The molecule has 1 fully saturated rings. The topological polar surface area (TPSA) is 44.5 Å². The second kappa shape index (κ2) is 3.51. The number of ether oxygens (including phenoxy) is 2. The average Bonchev–Trinajstić information content (AvgIpc) is 2.51. The largest absolute Gasteiger partial charge is 0.399 e. The van der Waals surface area contributed by atoms with Crippen molar-refractivity contribution in [2.24, 2.45) is 0 Å². The minimum absolute atomic E-state index is 0.0271. The van der Waals surface area contributed by atoms with E-state index in [0.717, 1.165) is 16.8 Å². The first kappa shape index (κ1) is 10.5. The molecule has 0 spiro atoms. The monoisotopic (exact) mass is 207 g/mol. The van der Waals surface area contributed by atoms with Crippen LogP contribution in [-0.4, -0.2) is 12.4 Å². The summed E-state index contributed by atoms with van der Waals surface area (Å²) < 4.78 is 11.3. The summed E-state index contributed by atoms with van der Waals surface area (Å²) in [6.07, 6.45) is 0.0271. The van der Waals surface area contributed by atoms with Gasteiger partial charge in [0.2, 0.25) is 0 Å². The van der Waals surface area contributed by atoms with Crippen molar-refractivity contribution in [3.05, 3.63) is 29.3 Å². The van der Waals surface area contributed by atoms with Crippen LogP contribution in [-0.2, 0) is 9.47 Å². The number of nitrogens with two attached hydrogens (primary N) is 1. The van der Waals surface area contributed by atoms with E-state index >= 15 is 0 Å². The SMILES string of the molecule is Cc1cc([C@H]2COC(C)(C)O2)ccc1N. The fourth-order valence-corrected chi connectivity index (χ4v) is 1.75. The van der Waals surface area contributed by atoms with Gasteiger partial charge in [0, 0.05) is 5.69 Å². The molecule has 0 saturated carbocycles. The van der Waals surface area contributed by atoms with E-state index in [-0.39, 0.29) is 6.10 Å². The fraction of sp³-hybridized carbons (Fsp3) is 0.500. The van der Waals surface area contributed by atoms with E-state index in [1.807, 2.05) is 32.9 Å². The highest BCUT2D eigenvalue weighted by Crippen LogP contribution is 2.33. The van der Waals surface area contributed by atoms with Crippen molar-refractivity contribution < 1.29 is 9.47 Å². The third kappa shape index (κ3) is 2.13. The molecule has 1 saturated heterocycles. The molecule has 15 heavy (non-hydrogen) atoms. The van der Waals surface area contributed by atoms with Crippen molar-refractivity contribution in [1.29, 1.82) is 0 Å². The molecule has 1 atom stereocenters. The van der Waals surface area contributed by atoms with Crippen molar-refractivity contribution >= 4 is 5.69 Å². The first-order valence-electron chi connectivity index (χ1n) is 5.16. The van der Waals surface area contributed by atoms with E-state index in [9.17, 15) is 0 Å². The molecule has 0 unspecified atom stereocenters. The van der Waals surface area contributed by atoms with Crippen LogP contribution in [0.4, 0.5) is 5.69 Å². The highest BCUT2D eigenvalue weighted by Gasteiger charge is 2.33. The Morgan fingerprint density at radius 3 is 2.67 bits per heavy atom. The van der Waals surface area contributed by atoms with E-state index in [2.05, 4.69) is 6.07 Å². The molecule has 3 heteroatoms. The van der Waals surface area contributed by atoms with Gasteiger partial charge in [0.25, 0.3) is 0 Å². The summed E-state index contributed by atoms with van der Waals surface area (Å²) >= 11 is 0. The van der Waals surface area contributed by atoms with Crippen molar-refractivity contribution in [3.8, 4) is 0 Å². The molecule has 0 bridgehead atoms. The maximum atomic E-state index is 5.77. The maximum Gasteiger partial charge on any atom is 0.163 e. The quantitative estimate of drug-likeness (QED) is 0.719. The zero-order valence-electron chi connectivity index (χ0n) is 9.41. The summed E-state index contributed by atoms with van der Waals surface area (Å²) in [6, 6.07) is 5.97. The Bertz CT molecular complexity index is 374. The van der Waals surface area contributed by atoms with Gasteiger partial charge in [0.05, 0.1) is 6.61 Å². The van der Waals surface area contributed by atoms with E-state index in [1.54, 1.807) is 0 Å². The summed E-state index contributed by atoms with van der Waals surface area (Å²) in [7, 11) is 0. The molecule has 1 aromatic rings. The van der Waals surface area contributed by atoms with Crippen molar-refractivity contribution in [1.82, 2.24) is 0 Å². The summed E-state index contributed by atoms with van der Waals surface area (Å²) in [4.78, 5) is 0. The zero-order valence-corrected chi connectivity index (χ0v) is 9.41. The zero-order chi connectivity index (χ0) is 11.1. The van der Waals surface area contributed by atoms with Crippen LogP contribution >= 0.6 is 0 Å². The van der Waals surface area contributed by atoms with E-state index < -0.39 is 5.79 Å². The van der Waals surface area contributed by atoms with Gasteiger partial charge in [-0.25, -0.2) is 0 Å². The normalized spacial score (nSPS) is 24.3. The van der Waals surface area contributed by atoms with Crippen LogP contribution in [0.25, 0.3) is 0 Å². The van der Waals surface area contributed by atoms with Crippen molar-refractivity contribution in [2.75, 3.05) is 12.3 Å². The Hall–Kier alpha value is -1.06. The molecular formula is C12H17NO2. The average molecular weight is 207 g/mol. The predicted octanol–water partition coefficient (Wildman–Crippen LogP) is 2.40. The van der Waals surface area contributed by atoms with Gasteiger partial charge in [-0.15, -0.1) is 0 Å². The number of hydrogen-bond donors (Lipinski definition) is 1. The van der Waals surface area contributed by atoms with Gasteiger partial charge in [-0.1, -0.05) is 12.1 Å². The molecule has 1 aliphatic rings. The highest BCUT2D eigenvalue weighted by atomic mass is 16.7. The van der Waals surface area contributed by atoms with E-state index in [0.29, 0.717) is 6.61 Å². The number of anilines is 1. The number of aryl methyl sites for hydroxylation is 1. The Balaban J connectivity index is 2.21. The summed E-state index contributed by atoms with van der Waals surface area (Å²) in [6.45, 7) is 6.46. The Morgan fingerprint density at radius 2 is 2.13 bits per heavy atom. The molecule has 1 aromatic carbocycles. The third-order valence-corrected chi connectivity index (χ3v) is 2.67. The lowest BCUT2D eigenvalue weighted by Gasteiger charge is -2.17. The van der Waals surface area contributed by atoms with Crippen LogP contribution in [0.3, 0.4) is 0 Å². The van der Waals surface area contributed by atoms with Gasteiger partial charge >= 0.3 is 0 Å². The van der Waals surface area contributed by atoms with Gasteiger partial charge < -0.3 is 15.2 Å². The van der Waals surface area contributed by atoms with Gasteiger partial charge in [-0.3, -0.25) is 0 Å². The Labute approximate surface area is 90.2 Å². The highest BCUT2D eigenvalue weighted by molar-refractivity contribution is 5.48. The van der Waals surface area contributed by atoms with Crippen LogP contribution in [0.2, 0.25) is 0 Å². The molecule has 0 aliphatic carbocycles. The van der Waals surface area contributed by atoms with Crippen LogP contribution < -0.4 is 5.73 Å². The molecular weight excluding hydrogens is 190 g/mol. The molecule has 2 N–H and O–H groups in total. The number of nitrogen functional groups attached to an aromatic ring is 1. The van der Waals surface area contributed by atoms with E-state index in [4.69, 9.17) is 15.2 Å². The standard InChI is InChI=1S/C12H17NO2/c1-8-6-9(4-5-10(8)13)11-7-14-12(2,3)15-11/h4-6,11H,7,13H2,1-3H3/t11-/m1/s1. The van der Waals surface area contributed by atoms with Crippen LogP contribution in [0.1, 0.15) is 31.1 Å². The molecule has 0 aromatic heterocycles. The first-order chi connectivity index (χ1) is 6.98. The summed E-state index contributed by atoms with van der Waals surface area (Å²) in [5.74, 6) is -0.472. The van der Waals surface area contributed by atoms with Gasteiger partial charge in [-0.2, -0.15) is 0 Å². The van der Waals surface area contributed by atoms with E-state index in [1.165, 1.54) is 0 Å².